The number of hydrogen-bond acceptors (Lipinski definition) is 0. The van der Waals surface area contributed by atoms with Gasteiger partial charge in [0.25, 0.3) is 0 Å². The summed E-state index contributed by atoms with van der Waals surface area (Å²) in [6.45, 7) is 23.0. The highest BCUT2D eigenvalue weighted by molar-refractivity contribution is 6.84. The van der Waals surface area contributed by atoms with Crippen molar-refractivity contribution in [2.45, 2.75) is 206 Å². The molecule has 0 heterocycles. The monoisotopic (exact) mass is 1260 g/mol. The number of unbranched alkanes of at least 4 members (excludes halogenated alkanes) is 12. The number of rotatable bonds is 22. The molecule has 0 bridgehead atoms. The van der Waals surface area contributed by atoms with Crippen molar-refractivity contribution in [1.29, 1.82) is 0 Å². The first-order chi connectivity index (χ1) is 45.6. The van der Waals surface area contributed by atoms with Crippen molar-refractivity contribution in [3.63, 3.8) is 0 Å². The normalized spacial score (nSPS) is 12.7. The van der Waals surface area contributed by atoms with E-state index in [1.54, 1.807) is 0 Å². The van der Waals surface area contributed by atoms with Crippen molar-refractivity contribution in [3.8, 4) is 115 Å². The maximum atomic E-state index is 3.63. The van der Waals surface area contributed by atoms with E-state index in [4.69, 9.17) is 0 Å². The summed E-state index contributed by atoms with van der Waals surface area (Å²) in [4.78, 5) is 0. The van der Waals surface area contributed by atoms with Crippen molar-refractivity contribution >= 4 is 16.1 Å². The van der Waals surface area contributed by atoms with Crippen LogP contribution in [0.25, 0.3) is 44.5 Å². The highest BCUT2D eigenvalue weighted by Crippen LogP contribution is 2.56. The fraction of sp³-hybridized carbons (Fsp3) is 0.348. The van der Waals surface area contributed by atoms with Crippen LogP contribution in [0.15, 0.2) is 170 Å². The Morgan fingerprint density at radius 1 is 0.245 bits per heavy atom. The van der Waals surface area contributed by atoms with Crippen LogP contribution in [0.3, 0.4) is 0 Å². The van der Waals surface area contributed by atoms with Crippen LogP contribution in [0, 0.1) is 70.3 Å². The van der Waals surface area contributed by atoms with Crippen LogP contribution in [0.5, 0.6) is 0 Å². The Bertz CT molecular complexity index is 4020. The molecule has 2 aliphatic rings. The van der Waals surface area contributed by atoms with Crippen molar-refractivity contribution in [2.24, 2.45) is 0 Å². The lowest BCUT2D eigenvalue weighted by Crippen LogP contribution is -2.26. The maximum absolute atomic E-state index is 3.63. The molecule has 2 aliphatic carbocycles. The molecule has 8 aromatic carbocycles. The maximum Gasteiger partial charge on any atom is 0.129 e. The standard InChI is InChI=1S/C92H98Si2/c1-11-15-19-25-61-91(62-26-20-16-12-2)87-67-75(43-55-83(87)85-57-45-77(69-89(85)91)33-31-71-35-47-79(48-36-71)81-51-39-73(40-52-81)59-65-93(5,6)7)29-23-24-30-76-44-56-84-86-58-46-78(70-90(86)92(88(84)68-76,63-27-21-17-13-3)64-28-22-18-14-4)34-32-72-37-49-80(50-38-72)82-53-41-74(42-54-82)60-66-94(8,9)10/h35-58,67-70H,11-22,25-28,61-64H2,1-10H3. The quantitative estimate of drug-likeness (QED) is 0.0360. The van der Waals surface area contributed by atoms with Gasteiger partial charge in [-0.15, -0.1) is 11.1 Å². The molecule has 0 aliphatic heterocycles. The van der Waals surface area contributed by atoms with Crippen LogP contribution in [-0.4, -0.2) is 16.1 Å². The zero-order valence-electron chi connectivity index (χ0n) is 58.3. The summed E-state index contributed by atoms with van der Waals surface area (Å²) in [5.74, 6) is 35.1. The van der Waals surface area contributed by atoms with Gasteiger partial charge in [0.1, 0.15) is 16.1 Å². The van der Waals surface area contributed by atoms with Crippen LogP contribution in [-0.2, 0) is 10.8 Å². The lowest BCUT2D eigenvalue weighted by atomic mass is 9.70. The molecule has 0 saturated carbocycles. The SMILES string of the molecule is CCCCCCC1(CCCCCC)c2cc(C#CC#Cc3ccc4c(c3)C(CCCCCC)(CCCCCC)c3cc(C#Cc5ccc(-c6ccc(C#C[Si](C)(C)C)cc6)cc5)ccc3-4)ccc2-c2ccc(C#Cc3ccc(-c4ccc(C#C[Si](C)(C)C)cc4)cc3)cc21. The van der Waals surface area contributed by atoms with E-state index in [0.717, 1.165) is 70.2 Å². The second-order valence-electron chi connectivity index (χ2n) is 28.8. The average molecular weight is 1260 g/mol. The third kappa shape index (κ3) is 17.5. The van der Waals surface area contributed by atoms with Gasteiger partial charge in [-0.05, 0) is 201 Å². The van der Waals surface area contributed by atoms with E-state index in [1.807, 2.05) is 0 Å². The van der Waals surface area contributed by atoms with E-state index in [-0.39, 0.29) is 10.8 Å². The predicted octanol–water partition coefficient (Wildman–Crippen LogP) is 24.1. The minimum atomic E-state index is -1.43. The van der Waals surface area contributed by atoms with Crippen LogP contribution in [0.2, 0.25) is 39.3 Å². The fourth-order valence-corrected chi connectivity index (χ4v) is 15.1. The Morgan fingerprint density at radius 2 is 0.468 bits per heavy atom. The van der Waals surface area contributed by atoms with Gasteiger partial charge in [-0.1, -0.05) is 290 Å². The van der Waals surface area contributed by atoms with Gasteiger partial charge < -0.3 is 0 Å². The number of fused-ring (bicyclic) bond motifs is 6. The molecule has 0 nitrogen and oxygen atoms in total. The Kier molecular flexibility index (Phi) is 23.4. The second-order valence-corrected chi connectivity index (χ2v) is 38.3. The molecule has 0 fully saturated rings. The van der Waals surface area contributed by atoms with Gasteiger partial charge in [0.05, 0.1) is 0 Å². The van der Waals surface area contributed by atoms with E-state index in [2.05, 4.69) is 307 Å². The molecule has 0 saturated heterocycles. The zero-order valence-corrected chi connectivity index (χ0v) is 60.3. The summed E-state index contributed by atoms with van der Waals surface area (Å²) < 4.78 is 0. The van der Waals surface area contributed by atoms with E-state index >= 15 is 0 Å². The molecule has 0 radical (unpaired) electrons. The highest BCUT2D eigenvalue weighted by Gasteiger charge is 2.44. The molecule has 2 heteroatoms. The molecule has 10 rings (SSSR count). The summed E-state index contributed by atoms with van der Waals surface area (Å²) in [7, 11) is -2.87. The second kappa shape index (κ2) is 32.1. The van der Waals surface area contributed by atoms with E-state index in [9.17, 15) is 0 Å². The summed E-state index contributed by atoms with van der Waals surface area (Å²) in [6.07, 6.45) is 24.1. The van der Waals surface area contributed by atoms with Crippen LogP contribution in [0.1, 0.15) is 223 Å². The van der Waals surface area contributed by atoms with Gasteiger partial charge in [-0.3, -0.25) is 0 Å². The van der Waals surface area contributed by atoms with Crippen molar-refractivity contribution < 1.29 is 0 Å². The van der Waals surface area contributed by atoms with Gasteiger partial charge in [0.2, 0.25) is 0 Å². The van der Waals surface area contributed by atoms with Crippen molar-refractivity contribution in [1.82, 2.24) is 0 Å². The minimum absolute atomic E-state index is 0.108. The molecule has 94 heavy (non-hydrogen) atoms. The molecular formula is C92H98Si2. The summed E-state index contributed by atoms with van der Waals surface area (Å²) in [5, 5.41) is 0. The molecule has 474 valence electrons. The van der Waals surface area contributed by atoms with Gasteiger partial charge in [0, 0.05) is 55.3 Å². The molecule has 0 amide bonds. The van der Waals surface area contributed by atoms with Gasteiger partial charge in [0.15, 0.2) is 0 Å². The Balaban J connectivity index is 0.923. The van der Waals surface area contributed by atoms with Crippen LogP contribution < -0.4 is 0 Å². The molecule has 8 aromatic rings. The highest BCUT2D eigenvalue weighted by atomic mass is 28.3. The zero-order chi connectivity index (χ0) is 66.0. The summed E-state index contributed by atoms with van der Waals surface area (Å²) >= 11 is 0. The molecule has 0 atom stereocenters. The topological polar surface area (TPSA) is 0 Å². The Labute approximate surface area is 570 Å². The Hall–Kier alpha value is -8.45. The smallest absolute Gasteiger partial charge is 0.127 e. The van der Waals surface area contributed by atoms with Crippen molar-refractivity contribution in [3.05, 3.63) is 237 Å². The first-order valence-electron chi connectivity index (χ1n) is 35.7. The van der Waals surface area contributed by atoms with E-state index in [1.165, 1.54) is 169 Å². The predicted molar refractivity (Wildman–Crippen MR) is 410 cm³/mol. The number of benzene rings is 8. The average Bonchev–Trinajstić information content (AvgIpc) is 1.57. The largest absolute Gasteiger partial charge is 0.129 e. The molecule has 0 spiro atoms. The van der Waals surface area contributed by atoms with Crippen LogP contribution >= 0.6 is 0 Å². The molecule has 0 aromatic heterocycles. The van der Waals surface area contributed by atoms with E-state index < -0.39 is 16.1 Å². The van der Waals surface area contributed by atoms with E-state index in [0.29, 0.717) is 0 Å². The Morgan fingerprint density at radius 3 is 0.713 bits per heavy atom. The number of hydrogen-bond donors (Lipinski definition) is 0. The van der Waals surface area contributed by atoms with Crippen LogP contribution in [0.4, 0.5) is 0 Å². The third-order valence-corrected chi connectivity index (χ3v) is 20.8. The lowest BCUT2D eigenvalue weighted by Gasteiger charge is -2.33. The minimum Gasteiger partial charge on any atom is -0.127 e. The van der Waals surface area contributed by atoms with Gasteiger partial charge in [-0.2, -0.15) is 0 Å². The lowest BCUT2D eigenvalue weighted by molar-refractivity contribution is 0.401. The van der Waals surface area contributed by atoms with Gasteiger partial charge in [-0.25, -0.2) is 0 Å². The van der Waals surface area contributed by atoms with Crippen molar-refractivity contribution in [2.75, 3.05) is 0 Å². The summed E-state index contributed by atoms with van der Waals surface area (Å²) in [6, 6.07) is 62.8. The fourth-order valence-electron chi connectivity index (χ4n) is 14.0. The molecule has 0 N–H and O–H groups in total. The first-order valence-corrected chi connectivity index (χ1v) is 42.7. The molecule has 0 unspecified atom stereocenters. The molecular weight excluding hydrogens is 1160 g/mol. The van der Waals surface area contributed by atoms with Gasteiger partial charge >= 0.3 is 0 Å². The first kappa shape index (κ1) is 68.4. The summed E-state index contributed by atoms with van der Waals surface area (Å²) in [5.41, 5.74) is 31.1. The third-order valence-electron chi connectivity index (χ3n) is 19.1.